The van der Waals surface area contributed by atoms with Crippen molar-refractivity contribution in [1.29, 1.82) is 0 Å². The van der Waals surface area contributed by atoms with Crippen LogP contribution in [-0.4, -0.2) is 165 Å². The Morgan fingerprint density at radius 1 is 0.903 bits per heavy atom. The van der Waals surface area contributed by atoms with E-state index < -0.39 is 72.3 Å². The molecule has 18 heteroatoms. The van der Waals surface area contributed by atoms with Crippen molar-refractivity contribution in [1.82, 2.24) is 30.2 Å². The van der Waals surface area contributed by atoms with Gasteiger partial charge >= 0.3 is 5.97 Å². The molecule has 1 saturated carbocycles. The monoisotopic (exact) mass is 1120 g/mol. The van der Waals surface area contributed by atoms with Gasteiger partial charge in [0.25, 0.3) is 0 Å². The number of likely N-dealkylation sites (tertiary alicyclic amines) is 2. The molecule has 0 bridgehead atoms. The lowest BCUT2D eigenvalue weighted by molar-refractivity contribution is -0.149. The average molecular weight is 1120 g/mol. The molecule has 0 spiro atoms. The highest BCUT2D eigenvalue weighted by molar-refractivity contribution is 14.1. The number of benzene rings is 1. The van der Waals surface area contributed by atoms with Crippen LogP contribution < -0.4 is 10.6 Å². The van der Waals surface area contributed by atoms with Gasteiger partial charge in [-0.15, -0.1) is 0 Å². The standard InChI is InChI=1S/C54H87IN6O11/c1-14-34(6)46(40(71-12)30-43(64)60-27-21-24-39(60)47(72-13)35(7)48(65)56-38(52(69)70)28-36-22-17-15-18-23-36)59(11)51(68)44(32(2)3)57-49(66)45(33(4)5)58(10)41(62)25-19-16-20-26-61-42(63)29-37(50(61)67)53(8)31-54(53,9)55/h15,17-18,22-23,32-35,37-40,44-47,50,67H,14,16,19-21,24-31H2,1-13H3,(H,56,65)(H,57,66)(H,69,70)/t34-,35+,37?,38-,39-,40+,44-,45-,46-,47+,50?,53?,54?/m0/s1. The van der Waals surface area contributed by atoms with E-state index in [1.165, 1.54) is 19.1 Å². The van der Waals surface area contributed by atoms with Crippen LogP contribution in [0, 0.1) is 35.0 Å². The summed E-state index contributed by atoms with van der Waals surface area (Å²) in [4.78, 5) is 102. The van der Waals surface area contributed by atoms with Crippen LogP contribution in [0.2, 0.25) is 0 Å². The first-order valence-electron chi connectivity index (χ1n) is 26.2. The molecule has 0 aromatic heterocycles. The summed E-state index contributed by atoms with van der Waals surface area (Å²) in [5.41, 5.74) is 0.695. The highest BCUT2D eigenvalue weighted by Gasteiger charge is 2.67. The van der Waals surface area contributed by atoms with Crippen LogP contribution in [0.25, 0.3) is 0 Å². The summed E-state index contributed by atoms with van der Waals surface area (Å²) in [6, 6.07) is 5.01. The lowest BCUT2D eigenvalue weighted by atomic mass is 9.87. The minimum absolute atomic E-state index is 0.0306. The van der Waals surface area contributed by atoms with Gasteiger partial charge in [-0.1, -0.05) is 121 Å². The minimum Gasteiger partial charge on any atom is -0.480 e. The number of amides is 6. The number of aliphatic hydroxyl groups is 1. The summed E-state index contributed by atoms with van der Waals surface area (Å²) in [6.45, 7) is 18.2. The Bertz CT molecular complexity index is 2020. The Balaban J connectivity index is 1.38. The van der Waals surface area contributed by atoms with E-state index in [9.17, 15) is 43.8 Å². The van der Waals surface area contributed by atoms with Crippen molar-refractivity contribution >= 4 is 64.0 Å². The third-order valence-electron chi connectivity index (χ3n) is 16.4. The number of aliphatic hydroxyl groups excluding tert-OH is 1. The number of alkyl halides is 1. The fourth-order valence-corrected chi connectivity index (χ4v) is 12.6. The maximum atomic E-state index is 14.7. The number of nitrogens with zero attached hydrogens (tertiary/aromatic N) is 4. The summed E-state index contributed by atoms with van der Waals surface area (Å²) >= 11 is 2.43. The number of carbonyl (C=O) groups is 7. The first kappa shape index (κ1) is 60.7. The van der Waals surface area contributed by atoms with E-state index in [4.69, 9.17) is 9.47 Å². The largest absolute Gasteiger partial charge is 0.480 e. The predicted molar refractivity (Wildman–Crippen MR) is 283 cm³/mol. The maximum absolute atomic E-state index is 14.7. The molecule has 6 amide bonds. The number of methoxy groups -OCH3 is 2. The molecular formula is C54H87IN6O11. The van der Waals surface area contributed by atoms with Gasteiger partial charge in [0, 0.05) is 70.0 Å². The molecule has 2 saturated heterocycles. The SMILES string of the molecule is CC[C@H](C)[C@@H]([C@@H](CC(=O)N1CCC[C@H]1[C@H](OC)[C@@H](C)C(=O)N[C@@H](Cc1ccccc1)C(=O)O)OC)N(C)C(=O)[C@@H](NC(=O)[C@H](C(C)C)N(C)C(=O)CCCCCN1C(=O)CC(C2(C)CC2(C)I)C1O)C(C)C. The Morgan fingerprint density at radius 3 is 2.08 bits per heavy atom. The van der Waals surface area contributed by atoms with Gasteiger partial charge in [-0.05, 0) is 67.8 Å². The van der Waals surface area contributed by atoms with Gasteiger partial charge in [0.05, 0.1) is 36.6 Å². The number of halogens is 1. The molecule has 3 aliphatic rings. The number of carboxylic acid groups (broad SMARTS) is 1. The lowest BCUT2D eigenvalue weighted by Gasteiger charge is -2.41. The molecule has 4 unspecified atom stereocenters. The van der Waals surface area contributed by atoms with Gasteiger partial charge < -0.3 is 49.9 Å². The number of hydrogen-bond donors (Lipinski definition) is 4. The van der Waals surface area contributed by atoms with Crippen molar-refractivity contribution in [3.05, 3.63) is 35.9 Å². The van der Waals surface area contributed by atoms with Crippen LogP contribution >= 0.6 is 22.6 Å². The molecule has 4 rings (SSSR count). The zero-order valence-corrected chi connectivity index (χ0v) is 47.5. The number of carboxylic acids is 1. The van der Waals surface area contributed by atoms with Crippen LogP contribution in [0.15, 0.2) is 30.3 Å². The van der Waals surface area contributed by atoms with Gasteiger partial charge in [0.2, 0.25) is 35.4 Å². The number of hydrogen-bond acceptors (Lipinski definition) is 10. The highest BCUT2D eigenvalue weighted by atomic mass is 127. The molecule has 0 radical (unpaired) electrons. The van der Waals surface area contributed by atoms with Gasteiger partial charge in [0.15, 0.2) is 0 Å². The first-order chi connectivity index (χ1) is 33.8. The van der Waals surface area contributed by atoms with Crippen molar-refractivity contribution in [2.24, 2.45) is 35.0 Å². The zero-order chi connectivity index (χ0) is 54.0. The molecule has 1 aliphatic carbocycles. The Kier molecular flexibility index (Phi) is 22.4. The zero-order valence-electron chi connectivity index (χ0n) is 45.3. The van der Waals surface area contributed by atoms with Gasteiger partial charge in [-0.2, -0.15) is 0 Å². The van der Waals surface area contributed by atoms with Crippen LogP contribution in [0.3, 0.4) is 0 Å². The molecule has 13 atom stereocenters. The molecule has 4 N–H and O–H groups in total. The second-order valence-corrected chi connectivity index (χ2v) is 24.4. The molecule has 72 heavy (non-hydrogen) atoms. The molecular weight excluding hydrogens is 1040 g/mol. The number of likely N-dealkylation sites (N-methyl/N-ethyl adjacent to an activating group) is 2. The van der Waals surface area contributed by atoms with Crippen molar-refractivity contribution in [2.45, 2.75) is 185 Å². The van der Waals surface area contributed by atoms with Gasteiger partial charge in [-0.3, -0.25) is 28.8 Å². The maximum Gasteiger partial charge on any atom is 0.326 e. The molecule has 1 aromatic rings. The lowest BCUT2D eigenvalue weighted by Crippen LogP contribution is -2.60. The van der Waals surface area contributed by atoms with Crippen molar-refractivity contribution in [3.63, 3.8) is 0 Å². The number of ether oxygens (including phenoxy) is 2. The molecule has 17 nitrogen and oxygen atoms in total. The normalized spacial score (nSPS) is 25.3. The summed E-state index contributed by atoms with van der Waals surface area (Å²) in [6.07, 6.45) is 3.00. The van der Waals surface area contributed by atoms with E-state index >= 15 is 0 Å². The number of unbranched alkanes of at least 4 members (excludes halogenated alkanes) is 2. The van der Waals surface area contributed by atoms with Gasteiger partial charge in [-0.25, -0.2) is 4.79 Å². The minimum atomic E-state index is -1.16. The van der Waals surface area contributed by atoms with E-state index in [1.807, 2.05) is 59.7 Å². The van der Waals surface area contributed by atoms with Crippen LogP contribution in [0.5, 0.6) is 0 Å². The summed E-state index contributed by atoms with van der Waals surface area (Å²) < 4.78 is 12.0. The van der Waals surface area contributed by atoms with E-state index in [0.29, 0.717) is 58.0 Å². The van der Waals surface area contributed by atoms with E-state index in [0.717, 1.165) is 12.0 Å². The molecule has 3 fully saturated rings. The summed E-state index contributed by atoms with van der Waals surface area (Å²) in [7, 11) is 6.27. The van der Waals surface area contributed by atoms with E-state index in [2.05, 4.69) is 47.1 Å². The fourth-order valence-electron chi connectivity index (χ4n) is 11.4. The summed E-state index contributed by atoms with van der Waals surface area (Å²) in [5, 5.41) is 26.7. The first-order valence-corrected chi connectivity index (χ1v) is 27.3. The van der Waals surface area contributed by atoms with E-state index in [1.54, 1.807) is 47.9 Å². The van der Waals surface area contributed by atoms with E-state index in [-0.39, 0.29) is 75.4 Å². The molecule has 2 heterocycles. The number of nitrogens with one attached hydrogen (secondary N) is 2. The predicted octanol–water partition coefficient (Wildman–Crippen LogP) is 5.67. The van der Waals surface area contributed by atoms with Crippen molar-refractivity contribution < 1.29 is 53.2 Å². The highest BCUT2D eigenvalue weighted by Crippen LogP contribution is 2.68. The number of rotatable bonds is 28. The Hall–Kier alpha value is -3.88. The Morgan fingerprint density at radius 2 is 1.54 bits per heavy atom. The molecule has 1 aromatic carbocycles. The second kappa shape index (κ2) is 26.6. The number of carbonyl (C=O) groups excluding carboxylic acids is 6. The average Bonchev–Trinajstić information content (AvgIpc) is 3.59. The third-order valence-corrected chi connectivity index (χ3v) is 18.0. The quantitative estimate of drug-likeness (QED) is 0.0456. The van der Waals surface area contributed by atoms with Crippen LogP contribution in [-0.2, 0) is 49.5 Å². The summed E-state index contributed by atoms with van der Waals surface area (Å²) in [5.74, 6) is -4.58. The second-order valence-electron chi connectivity index (χ2n) is 22.0. The Labute approximate surface area is 442 Å². The molecule has 2 aliphatic heterocycles. The smallest absolute Gasteiger partial charge is 0.326 e. The third kappa shape index (κ3) is 14.5. The topological polar surface area (TPSA) is 215 Å². The van der Waals surface area contributed by atoms with Crippen molar-refractivity contribution in [3.8, 4) is 0 Å². The van der Waals surface area contributed by atoms with Gasteiger partial charge in [0.1, 0.15) is 24.4 Å². The van der Waals surface area contributed by atoms with Crippen molar-refractivity contribution in [2.75, 3.05) is 41.4 Å². The van der Waals surface area contributed by atoms with Crippen LogP contribution in [0.1, 0.15) is 132 Å². The molecule has 406 valence electrons. The van der Waals surface area contributed by atoms with Crippen LogP contribution in [0.4, 0.5) is 0 Å². The number of aliphatic carboxylic acids is 1. The fraction of sp³-hybridized carbons (Fsp3) is 0.759.